The van der Waals surface area contributed by atoms with Crippen LogP contribution >= 0.6 is 0 Å². The molecule has 0 atom stereocenters. The van der Waals surface area contributed by atoms with Gasteiger partial charge in [0, 0.05) is 18.2 Å². The van der Waals surface area contributed by atoms with E-state index in [1.54, 1.807) is 6.92 Å². The van der Waals surface area contributed by atoms with E-state index in [4.69, 9.17) is 5.11 Å². The quantitative estimate of drug-likeness (QED) is 0.569. The Morgan fingerprint density at radius 2 is 2.00 bits per heavy atom. The van der Waals surface area contributed by atoms with Crippen LogP contribution in [-0.4, -0.2) is 41.8 Å². The summed E-state index contributed by atoms with van der Waals surface area (Å²) in [4.78, 5) is 21.0. The molecule has 1 N–H and O–H groups in total. The molecule has 0 saturated heterocycles. The van der Waals surface area contributed by atoms with Crippen molar-refractivity contribution in [2.45, 2.75) is 19.1 Å². The highest BCUT2D eigenvalue weighted by Gasteiger charge is 2.27. The Morgan fingerprint density at radius 3 is 2.52 bits per heavy atom. The average Bonchev–Trinajstić information content (AvgIpc) is 2.37. The number of nitrogens with zero attached hydrogens (tertiary/aromatic N) is 2. The lowest BCUT2D eigenvalue weighted by molar-refractivity contribution is -0.385. The van der Waals surface area contributed by atoms with Gasteiger partial charge in [0.2, 0.25) is 10.0 Å². The van der Waals surface area contributed by atoms with Crippen molar-refractivity contribution < 1.29 is 23.2 Å². The van der Waals surface area contributed by atoms with E-state index in [-0.39, 0.29) is 17.8 Å². The van der Waals surface area contributed by atoms with Gasteiger partial charge in [-0.25, -0.2) is 8.42 Å². The van der Waals surface area contributed by atoms with Gasteiger partial charge in [0.15, 0.2) is 0 Å². The molecule has 9 heteroatoms. The van der Waals surface area contributed by atoms with E-state index in [9.17, 15) is 23.3 Å². The van der Waals surface area contributed by atoms with Crippen LogP contribution < -0.4 is 0 Å². The molecular formula is C12H16N2O6S. The molecule has 0 aliphatic heterocycles. The normalized spacial score (nSPS) is 11.5. The van der Waals surface area contributed by atoms with Crippen LogP contribution in [0.5, 0.6) is 0 Å². The number of nitro benzene ring substituents is 1. The fourth-order valence-electron chi connectivity index (χ4n) is 1.82. The Kier molecular flexibility index (Phi) is 5.79. The van der Waals surface area contributed by atoms with Gasteiger partial charge in [0.1, 0.15) is 6.54 Å². The van der Waals surface area contributed by atoms with E-state index in [2.05, 4.69) is 0 Å². The van der Waals surface area contributed by atoms with E-state index in [1.165, 1.54) is 24.3 Å². The van der Waals surface area contributed by atoms with Gasteiger partial charge in [-0.2, -0.15) is 4.31 Å². The number of hydrogen-bond acceptors (Lipinski definition) is 5. The summed E-state index contributed by atoms with van der Waals surface area (Å²) in [5, 5.41) is 19.7. The van der Waals surface area contributed by atoms with Gasteiger partial charge >= 0.3 is 5.97 Å². The van der Waals surface area contributed by atoms with Crippen molar-refractivity contribution in [1.82, 2.24) is 4.31 Å². The highest BCUT2D eigenvalue weighted by molar-refractivity contribution is 7.88. The summed E-state index contributed by atoms with van der Waals surface area (Å²) >= 11 is 0. The summed E-state index contributed by atoms with van der Waals surface area (Å²) in [6.07, 6.45) is 0.448. The van der Waals surface area contributed by atoms with E-state index >= 15 is 0 Å². The molecule has 8 nitrogen and oxygen atoms in total. The van der Waals surface area contributed by atoms with Crippen molar-refractivity contribution in [1.29, 1.82) is 0 Å². The minimum absolute atomic E-state index is 0.0361. The van der Waals surface area contributed by atoms with Crippen LogP contribution in [-0.2, 0) is 20.6 Å². The number of carboxylic acid groups (broad SMARTS) is 1. The number of carbonyl (C=O) groups is 1. The molecule has 0 amide bonds. The van der Waals surface area contributed by atoms with E-state index in [0.717, 1.165) is 4.31 Å². The van der Waals surface area contributed by atoms with Crippen LogP contribution in [0.2, 0.25) is 0 Å². The van der Waals surface area contributed by atoms with Crippen LogP contribution in [0, 0.1) is 10.1 Å². The first kappa shape index (κ1) is 17.1. The zero-order valence-electron chi connectivity index (χ0n) is 11.4. The number of hydrogen-bond donors (Lipinski definition) is 1. The maximum absolute atomic E-state index is 12.2. The molecule has 0 fully saturated rings. The van der Waals surface area contributed by atoms with Crippen LogP contribution in [0.25, 0.3) is 0 Å². The molecule has 0 radical (unpaired) electrons. The number of carboxylic acids is 1. The van der Waals surface area contributed by atoms with Crippen molar-refractivity contribution in [3.05, 3.63) is 39.9 Å². The minimum atomic E-state index is -3.94. The second kappa shape index (κ2) is 7.14. The summed E-state index contributed by atoms with van der Waals surface area (Å²) in [7, 11) is -3.94. The summed E-state index contributed by atoms with van der Waals surface area (Å²) < 4.78 is 25.3. The van der Waals surface area contributed by atoms with Gasteiger partial charge in [0.25, 0.3) is 5.69 Å². The molecule has 0 saturated carbocycles. The maximum Gasteiger partial charge on any atom is 0.318 e. The molecular weight excluding hydrogens is 300 g/mol. The fraction of sp³-hybridized carbons (Fsp3) is 0.417. The number of sulfonamides is 1. The van der Waals surface area contributed by atoms with Crippen LogP contribution in [0.4, 0.5) is 5.69 Å². The topological polar surface area (TPSA) is 118 Å². The Bertz CT molecular complexity index is 628. The molecule has 0 aliphatic rings. The van der Waals surface area contributed by atoms with Crippen molar-refractivity contribution in [2.24, 2.45) is 0 Å². The Hall–Kier alpha value is -2.00. The van der Waals surface area contributed by atoms with Crippen molar-refractivity contribution in [3.8, 4) is 0 Å². The van der Waals surface area contributed by atoms with Crippen LogP contribution in [0.1, 0.15) is 18.9 Å². The molecule has 1 aromatic rings. The van der Waals surface area contributed by atoms with Gasteiger partial charge in [-0.3, -0.25) is 14.9 Å². The lowest BCUT2D eigenvalue weighted by Gasteiger charge is -2.19. The van der Waals surface area contributed by atoms with Crippen molar-refractivity contribution in [3.63, 3.8) is 0 Å². The molecule has 21 heavy (non-hydrogen) atoms. The third-order valence-electron chi connectivity index (χ3n) is 2.70. The van der Waals surface area contributed by atoms with Gasteiger partial charge in [-0.1, -0.05) is 25.1 Å². The molecule has 1 rings (SSSR count). The van der Waals surface area contributed by atoms with Crippen LogP contribution in [0.3, 0.4) is 0 Å². The van der Waals surface area contributed by atoms with E-state index < -0.39 is 33.2 Å². The third kappa shape index (κ3) is 4.80. The number of nitro groups is 1. The maximum atomic E-state index is 12.2. The largest absolute Gasteiger partial charge is 0.480 e. The molecule has 0 heterocycles. The Morgan fingerprint density at radius 1 is 1.38 bits per heavy atom. The molecule has 0 aliphatic carbocycles. The third-order valence-corrected chi connectivity index (χ3v) is 4.48. The van der Waals surface area contributed by atoms with E-state index in [1.807, 2.05) is 0 Å². The first-order valence-corrected chi connectivity index (χ1v) is 7.80. The van der Waals surface area contributed by atoms with E-state index in [0.29, 0.717) is 6.42 Å². The molecule has 116 valence electrons. The predicted octanol–water partition coefficient (Wildman–Crippen LogP) is 1.22. The average molecular weight is 316 g/mol. The number of benzene rings is 1. The Labute approximate surface area is 122 Å². The van der Waals surface area contributed by atoms with Crippen LogP contribution in [0.15, 0.2) is 24.3 Å². The lowest BCUT2D eigenvalue weighted by Crippen LogP contribution is -2.37. The van der Waals surface area contributed by atoms with Gasteiger partial charge in [0.05, 0.1) is 10.7 Å². The summed E-state index contributed by atoms with van der Waals surface area (Å²) in [5.74, 6) is -1.87. The van der Waals surface area contributed by atoms with Gasteiger partial charge in [-0.05, 0) is 6.42 Å². The van der Waals surface area contributed by atoms with Crippen molar-refractivity contribution >= 4 is 21.7 Å². The first-order chi connectivity index (χ1) is 9.77. The lowest BCUT2D eigenvalue weighted by atomic mass is 10.2. The second-order valence-corrected chi connectivity index (χ2v) is 6.34. The standard InChI is InChI=1S/C12H16N2O6S/c1-2-7-13(8-12(15)16)21(19,20)9-10-5-3-4-6-11(10)14(17)18/h3-6H,2,7-9H2,1H3,(H,15,16). The number of rotatable bonds is 8. The first-order valence-electron chi connectivity index (χ1n) is 6.20. The second-order valence-electron chi connectivity index (χ2n) is 4.37. The SMILES string of the molecule is CCCN(CC(=O)O)S(=O)(=O)Cc1ccccc1[N+](=O)[O-]. The Balaban J connectivity index is 3.08. The number of para-hydroxylation sites is 1. The summed E-state index contributed by atoms with van der Waals surface area (Å²) in [6.45, 7) is 1.11. The molecule has 0 bridgehead atoms. The zero-order chi connectivity index (χ0) is 16.0. The molecule has 1 aromatic carbocycles. The highest BCUT2D eigenvalue weighted by Crippen LogP contribution is 2.21. The number of aliphatic carboxylic acids is 1. The zero-order valence-corrected chi connectivity index (χ0v) is 12.2. The summed E-state index contributed by atoms with van der Waals surface area (Å²) in [6, 6.07) is 5.50. The van der Waals surface area contributed by atoms with Gasteiger partial charge in [-0.15, -0.1) is 0 Å². The molecule has 0 spiro atoms. The minimum Gasteiger partial charge on any atom is -0.480 e. The predicted molar refractivity (Wildman–Crippen MR) is 75.2 cm³/mol. The van der Waals surface area contributed by atoms with Crippen molar-refractivity contribution in [2.75, 3.05) is 13.1 Å². The smallest absolute Gasteiger partial charge is 0.318 e. The summed E-state index contributed by atoms with van der Waals surface area (Å²) in [5.41, 5.74) is -0.262. The monoisotopic (exact) mass is 316 g/mol. The molecule has 0 unspecified atom stereocenters. The van der Waals surface area contributed by atoms with Gasteiger partial charge < -0.3 is 5.11 Å². The fourth-order valence-corrected chi connectivity index (χ4v) is 3.40. The highest BCUT2D eigenvalue weighted by atomic mass is 32.2. The molecule has 0 aromatic heterocycles.